The van der Waals surface area contributed by atoms with E-state index in [1.54, 1.807) is 7.05 Å². The van der Waals surface area contributed by atoms with E-state index in [9.17, 15) is 5.11 Å². The summed E-state index contributed by atoms with van der Waals surface area (Å²) in [4.78, 5) is 6.86. The molecule has 2 fully saturated rings. The lowest BCUT2D eigenvalue weighted by atomic mass is 9.84. The molecule has 1 aromatic heterocycles. The minimum Gasteiger partial charge on any atom is -0.465 e. The number of aryl methyl sites for hydroxylation is 1. The Morgan fingerprint density at radius 1 is 1.33 bits per heavy atom. The third-order valence-corrected chi connectivity index (χ3v) is 5.82. The normalized spacial score (nSPS) is 25.1. The third-order valence-electron chi connectivity index (χ3n) is 5.82. The average Bonchev–Trinajstić information content (AvgIpc) is 3.41. The summed E-state index contributed by atoms with van der Waals surface area (Å²) in [5.74, 6) is 2.74. The average molecular weight is 379 g/mol. The Bertz CT molecular complexity index is 604. The number of hydrogen-bond acceptors (Lipinski definition) is 5. The van der Waals surface area contributed by atoms with Crippen molar-refractivity contribution in [2.75, 3.05) is 53.0 Å². The van der Waals surface area contributed by atoms with Crippen molar-refractivity contribution in [3.63, 3.8) is 0 Å². The minimum atomic E-state index is -0.00114. The minimum absolute atomic E-state index is 0.00114. The predicted octanol–water partition coefficient (Wildman–Crippen LogP) is 1.68. The van der Waals surface area contributed by atoms with E-state index in [-0.39, 0.29) is 18.1 Å². The van der Waals surface area contributed by atoms with Gasteiger partial charge in [-0.1, -0.05) is 0 Å². The van der Waals surface area contributed by atoms with Gasteiger partial charge in [0.2, 0.25) is 0 Å². The van der Waals surface area contributed by atoms with Crippen LogP contribution in [0.5, 0.6) is 0 Å². The highest BCUT2D eigenvalue weighted by Gasteiger charge is 2.34. The van der Waals surface area contributed by atoms with Crippen LogP contribution < -0.4 is 10.6 Å². The number of rotatable bonds is 8. The van der Waals surface area contributed by atoms with E-state index in [4.69, 9.17) is 9.15 Å². The van der Waals surface area contributed by atoms with E-state index in [2.05, 4.69) is 26.6 Å². The molecule has 3 N–H and O–H groups in total. The van der Waals surface area contributed by atoms with E-state index >= 15 is 0 Å². The molecule has 3 heterocycles. The molecule has 2 atom stereocenters. The molecule has 0 aromatic carbocycles. The number of guanidine groups is 1. The fourth-order valence-corrected chi connectivity index (χ4v) is 4.09. The van der Waals surface area contributed by atoms with Gasteiger partial charge in [-0.15, -0.1) is 0 Å². The Morgan fingerprint density at radius 3 is 2.74 bits per heavy atom. The van der Waals surface area contributed by atoms with Crippen molar-refractivity contribution < 1.29 is 14.3 Å². The number of likely N-dealkylation sites (tertiary alicyclic amines) is 1. The lowest BCUT2D eigenvalue weighted by Crippen LogP contribution is -2.46. The highest BCUT2D eigenvalue weighted by molar-refractivity contribution is 5.79. The van der Waals surface area contributed by atoms with Crippen LogP contribution >= 0.6 is 0 Å². The fraction of sp³-hybridized carbons (Fsp3) is 0.750. The van der Waals surface area contributed by atoms with Crippen molar-refractivity contribution in [1.29, 1.82) is 0 Å². The number of hydrogen-bond donors (Lipinski definition) is 3. The molecule has 2 aliphatic heterocycles. The number of nitrogens with one attached hydrogen (secondary N) is 2. The van der Waals surface area contributed by atoms with Crippen LogP contribution in [0.3, 0.4) is 0 Å². The molecule has 2 saturated heterocycles. The number of aliphatic hydroxyl groups excluding tert-OH is 1. The lowest BCUT2D eigenvalue weighted by molar-refractivity contribution is 0.127. The second-order valence-electron chi connectivity index (χ2n) is 7.79. The smallest absolute Gasteiger partial charge is 0.191 e. The second kappa shape index (κ2) is 9.57. The Labute approximate surface area is 162 Å². The van der Waals surface area contributed by atoms with Gasteiger partial charge in [0.25, 0.3) is 0 Å². The zero-order valence-electron chi connectivity index (χ0n) is 16.7. The first-order valence-electron chi connectivity index (χ1n) is 10.1. The standard InChI is InChI=1S/C20H34N4O3/c1-16-5-6-18(27-16)17(24-9-3-4-10-24)13-22-19(21-2)23-14-20(7-11-25)8-12-26-15-20/h5-6,17,25H,3-4,7-15H2,1-2H3,(H2,21,22,23). The monoisotopic (exact) mass is 378 g/mol. The van der Waals surface area contributed by atoms with Crippen LogP contribution in [-0.4, -0.2) is 69.0 Å². The Kier molecular flexibility index (Phi) is 7.15. The van der Waals surface area contributed by atoms with Crippen molar-refractivity contribution in [3.8, 4) is 0 Å². The molecule has 0 aliphatic carbocycles. The van der Waals surface area contributed by atoms with Crippen molar-refractivity contribution in [2.24, 2.45) is 10.4 Å². The SMILES string of the molecule is CN=C(NCC(c1ccc(C)o1)N1CCCC1)NCC1(CCO)CCOC1. The van der Waals surface area contributed by atoms with Crippen LogP contribution in [0.1, 0.15) is 43.2 Å². The van der Waals surface area contributed by atoms with Crippen LogP contribution in [0, 0.1) is 12.3 Å². The molecule has 7 nitrogen and oxygen atoms in total. The maximum Gasteiger partial charge on any atom is 0.191 e. The molecule has 1 aromatic rings. The summed E-state index contributed by atoms with van der Waals surface area (Å²) in [6.45, 7) is 7.35. The molecular weight excluding hydrogens is 344 g/mol. The van der Waals surface area contributed by atoms with Crippen molar-refractivity contribution in [2.45, 2.75) is 38.6 Å². The van der Waals surface area contributed by atoms with Crippen molar-refractivity contribution in [3.05, 3.63) is 23.7 Å². The third kappa shape index (κ3) is 5.24. The van der Waals surface area contributed by atoms with E-state index in [1.807, 2.05) is 13.0 Å². The summed E-state index contributed by atoms with van der Waals surface area (Å²) in [7, 11) is 1.79. The zero-order chi connectivity index (χ0) is 19.1. The lowest BCUT2D eigenvalue weighted by Gasteiger charge is -2.29. The van der Waals surface area contributed by atoms with Gasteiger partial charge in [0, 0.05) is 38.8 Å². The van der Waals surface area contributed by atoms with Crippen LogP contribution in [0.25, 0.3) is 0 Å². The maximum absolute atomic E-state index is 9.39. The number of aliphatic imine (C=N–C) groups is 1. The van der Waals surface area contributed by atoms with Crippen molar-refractivity contribution >= 4 is 5.96 Å². The Hall–Kier alpha value is -1.57. The number of aliphatic hydroxyl groups is 1. The van der Waals surface area contributed by atoms with E-state index in [0.717, 1.165) is 63.1 Å². The van der Waals surface area contributed by atoms with Gasteiger partial charge in [-0.25, -0.2) is 0 Å². The summed E-state index contributed by atoms with van der Waals surface area (Å²) in [5, 5.41) is 16.3. The first-order valence-corrected chi connectivity index (χ1v) is 10.1. The van der Waals surface area contributed by atoms with Crippen LogP contribution in [0.15, 0.2) is 21.5 Å². The number of nitrogens with zero attached hydrogens (tertiary/aromatic N) is 2. The largest absolute Gasteiger partial charge is 0.465 e. The molecule has 0 amide bonds. The molecule has 0 bridgehead atoms. The van der Waals surface area contributed by atoms with E-state index in [1.165, 1.54) is 12.8 Å². The molecule has 7 heteroatoms. The maximum atomic E-state index is 9.39. The molecular formula is C20H34N4O3. The molecule has 0 spiro atoms. The summed E-state index contributed by atoms with van der Waals surface area (Å²) in [6.07, 6.45) is 4.21. The van der Waals surface area contributed by atoms with E-state index < -0.39 is 0 Å². The zero-order valence-corrected chi connectivity index (χ0v) is 16.7. The summed E-state index contributed by atoms with van der Waals surface area (Å²) in [6, 6.07) is 4.33. The van der Waals surface area contributed by atoms with Crippen molar-refractivity contribution in [1.82, 2.24) is 15.5 Å². The molecule has 0 saturated carbocycles. The van der Waals surface area contributed by atoms with Gasteiger partial charge in [-0.05, 0) is 57.8 Å². The Balaban J connectivity index is 1.57. The second-order valence-corrected chi connectivity index (χ2v) is 7.79. The number of ether oxygens (including phenoxy) is 1. The molecule has 2 aliphatic rings. The van der Waals surface area contributed by atoms with Crippen LogP contribution in [0.4, 0.5) is 0 Å². The Morgan fingerprint density at radius 2 is 2.15 bits per heavy atom. The van der Waals surface area contributed by atoms with Gasteiger partial charge in [0.1, 0.15) is 11.5 Å². The quantitative estimate of drug-likeness (QED) is 0.472. The fourth-order valence-electron chi connectivity index (χ4n) is 4.09. The molecule has 27 heavy (non-hydrogen) atoms. The molecule has 2 unspecified atom stereocenters. The molecule has 3 rings (SSSR count). The van der Waals surface area contributed by atoms with Gasteiger partial charge in [0.05, 0.1) is 12.6 Å². The van der Waals surface area contributed by atoms with Crippen LogP contribution in [0.2, 0.25) is 0 Å². The first kappa shape index (κ1) is 20.2. The van der Waals surface area contributed by atoms with Gasteiger partial charge in [0.15, 0.2) is 5.96 Å². The summed E-state index contributed by atoms with van der Waals surface area (Å²) in [5.41, 5.74) is -0.00114. The summed E-state index contributed by atoms with van der Waals surface area (Å²) < 4.78 is 11.5. The topological polar surface area (TPSA) is 82.3 Å². The highest BCUT2D eigenvalue weighted by atomic mass is 16.5. The molecule has 0 radical (unpaired) electrons. The number of furan rings is 1. The van der Waals surface area contributed by atoms with Gasteiger partial charge >= 0.3 is 0 Å². The van der Waals surface area contributed by atoms with Crippen LogP contribution in [-0.2, 0) is 4.74 Å². The van der Waals surface area contributed by atoms with Gasteiger partial charge in [-0.2, -0.15) is 0 Å². The predicted molar refractivity (Wildman–Crippen MR) is 106 cm³/mol. The summed E-state index contributed by atoms with van der Waals surface area (Å²) >= 11 is 0. The van der Waals surface area contributed by atoms with Gasteiger partial charge < -0.3 is 24.9 Å². The first-order chi connectivity index (χ1) is 13.2. The van der Waals surface area contributed by atoms with Gasteiger partial charge in [-0.3, -0.25) is 9.89 Å². The highest BCUT2D eigenvalue weighted by Crippen LogP contribution is 2.31. The molecule has 152 valence electrons. The van der Waals surface area contributed by atoms with E-state index in [0.29, 0.717) is 6.61 Å².